The Kier molecular flexibility index (Phi) is 7.34. The first-order valence-corrected chi connectivity index (χ1v) is 12.6. The number of ether oxygens (including phenoxy) is 1. The van der Waals surface area contributed by atoms with Crippen molar-refractivity contribution >= 4 is 5.69 Å². The summed E-state index contributed by atoms with van der Waals surface area (Å²) in [7, 11) is 2.09. The van der Waals surface area contributed by atoms with Crippen molar-refractivity contribution in [2.24, 2.45) is 0 Å². The molecule has 0 amide bonds. The Bertz CT molecular complexity index is 973. The molecular weight excluding hydrogens is 431 g/mol. The molecule has 0 aromatic heterocycles. The number of hydrogen-bond acceptors (Lipinski definition) is 6. The third-order valence-corrected chi connectivity index (χ3v) is 7.40. The van der Waals surface area contributed by atoms with Crippen LogP contribution >= 0.6 is 0 Å². The molecule has 3 aliphatic heterocycles. The Morgan fingerprint density at radius 2 is 1.79 bits per heavy atom. The fraction of sp³-hybridized carbons (Fsp3) is 0.556. The highest BCUT2D eigenvalue weighted by molar-refractivity contribution is 5.57. The van der Waals surface area contributed by atoms with Crippen LogP contribution in [0.15, 0.2) is 42.5 Å². The van der Waals surface area contributed by atoms with Gasteiger partial charge >= 0.3 is 0 Å². The number of nitrogens with one attached hydrogen (secondary N) is 1. The summed E-state index contributed by atoms with van der Waals surface area (Å²) in [5, 5.41) is 14.0. The van der Waals surface area contributed by atoms with Gasteiger partial charge in [0.25, 0.3) is 0 Å². The van der Waals surface area contributed by atoms with Crippen LogP contribution in [0.2, 0.25) is 0 Å². The second-order valence-electron chi connectivity index (χ2n) is 10.0. The molecule has 3 atom stereocenters. The smallest absolute Gasteiger partial charge is 0.149 e. The zero-order chi connectivity index (χ0) is 23.5. The van der Waals surface area contributed by atoms with Crippen molar-refractivity contribution in [3.8, 4) is 5.75 Å². The summed E-state index contributed by atoms with van der Waals surface area (Å²) in [5.74, 6) is 0.735. The minimum absolute atomic E-state index is 0.358. The average molecular weight is 469 g/mol. The minimum atomic E-state index is -0.976. The molecule has 2 unspecified atom stereocenters. The molecule has 0 radical (unpaired) electrons. The van der Waals surface area contributed by atoms with Crippen molar-refractivity contribution in [3.63, 3.8) is 0 Å². The first-order valence-electron chi connectivity index (χ1n) is 12.6. The van der Waals surface area contributed by atoms with Crippen LogP contribution in [-0.2, 0) is 19.5 Å². The van der Waals surface area contributed by atoms with Crippen LogP contribution in [0.4, 0.5) is 10.1 Å². The molecule has 2 aromatic carbocycles. The van der Waals surface area contributed by atoms with Crippen molar-refractivity contribution in [1.82, 2.24) is 15.1 Å². The number of nitrogens with zero attached hydrogens (tertiary/aromatic N) is 3. The van der Waals surface area contributed by atoms with Gasteiger partial charge in [-0.1, -0.05) is 30.3 Å². The monoisotopic (exact) mass is 468 g/mol. The van der Waals surface area contributed by atoms with Gasteiger partial charge in [-0.05, 0) is 42.1 Å². The second kappa shape index (κ2) is 10.6. The topological polar surface area (TPSA) is 51.2 Å². The maximum Gasteiger partial charge on any atom is 0.149 e. The third-order valence-electron chi connectivity index (χ3n) is 7.40. The van der Waals surface area contributed by atoms with Gasteiger partial charge in [-0.25, -0.2) is 4.39 Å². The number of likely N-dealkylation sites (N-methyl/N-ethyl adjacent to an activating group) is 1. The Labute approximate surface area is 202 Å². The molecule has 3 aliphatic rings. The Morgan fingerprint density at radius 1 is 1.03 bits per heavy atom. The number of fused-ring (bicyclic) bond motifs is 2. The van der Waals surface area contributed by atoms with E-state index in [1.165, 1.54) is 16.7 Å². The quantitative estimate of drug-likeness (QED) is 0.679. The summed E-state index contributed by atoms with van der Waals surface area (Å²) < 4.78 is 20.2. The van der Waals surface area contributed by atoms with Crippen molar-refractivity contribution in [2.75, 3.05) is 57.8 Å². The van der Waals surface area contributed by atoms with Gasteiger partial charge in [0.1, 0.15) is 18.0 Å². The fourth-order valence-corrected chi connectivity index (χ4v) is 5.46. The van der Waals surface area contributed by atoms with Crippen LogP contribution in [0.5, 0.6) is 5.75 Å². The number of rotatable bonds is 6. The zero-order valence-corrected chi connectivity index (χ0v) is 20.1. The van der Waals surface area contributed by atoms with E-state index in [0.29, 0.717) is 26.1 Å². The van der Waals surface area contributed by atoms with Crippen molar-refractivity contribution in [3.05, 3.63) is 59.2 Å². The summed E-state index contributed by atoms with van der Waals surface area (Å²) >= 11 is 0. The molecule has 5 rings (SSSR count). The Morgan fingerprint density at radius 3 is 2.62 bits per heavy atom. The van der Waals surface area contributed by atoms with E-state index in [1.54, 1.807) is 0 Å². The summed E-state index contributed by atoms with van der Waals surface area (Å²) in [6.45, 7) is 6.97. The Hall–Kier alpha value is -2.19. The number of benzene rings is 2. The van der Waals surface area contributed by atoms with Gasteiger partial charge in [-0.3, -0.25) is 9.80 Å². The molecule has 3 heterocycles. The average Bonchev–Trinajstić information content (AvgIpc) is 2.99. The van der Waals surface area contributed by atoms with Crippen molar-refractivity contribution in [1.29, 1.82) is 0 Å². The highest BCUT2D eigenvalue weighted by Gasteiger charge is 2.27. The molecule has 0 spiro atoms. The lowest BCUT2D eigenvalue weighted by atomic mass is 10.00. The van der Waals surface area contributed by atoms with Crippen LogP contribution in [0.1, 0.15) is 23.1 Å². The predicted octanol–water partition coefficient (Wildman–Crippen LogP) is 2.44. The van der Waals surface area contributed by atoms with E-state index < -0.39 is 6.17 Å². The van der Waals surface area contributed by atoms with E-state index in [1.807, 2.05) is 6.07 Å². The molecule has 0 saturated carbocycles. The number of hydrogen-bond donors (Lipinski definition) is 2. The molecule has 0 aliphatic carbocycles. The lowest BCUT2D eigenvalue weighted by molar-refractivity contribution is 0.0682. The molecule has 184 valence electrons. The minimum Gasteiger partial charge on any atom is -0.487 e. The molecule has 34 heavy (non-hydrogen) atoms. The van der Waals surface area contributed by atoms with E-state index in [9.17, 15) is 9.50 Å². The van der Waals surface area contributed by atoms with Gasteiger partial charge in [0, 0.05) is 71.2 Å². The molecule has 6 nitrogen and oxygen atoms in total. The van der Waals surface area contributed by atoms with Crippen LogP contribution in [0.3, 0.4) is 0 Å². The van der Waals surface area contributed by atoms with E-state index >= 15 is 0 Å². The zero-order valence-electron chi connectivity index (χ0n) is 20.1. The number of halogens is 1. The SMILES string of the molecule is CN1CCN(C[C@H](O)CN2CCc3ccccc3C2)Cc2ccc(OC3CCNCC3F)cc21. The number of aliphatic hydroxyl groups is 1. The molecular formula is C27H37FN4O2. The fourth-order valence-electron chi connectivity index (χ4n) is 5.46. The first-order chi connectivity index (χ1) is 16.5. The molecule has 1 fully saturated rings. The van der Waals surface area contributed by atoms with Gasteiger partial charge in [0.05, 0.1) is 6.10 Å². The van der Waals surface area contributed by atoms with Crippen molar-refractivity contribution < 1.29 is 14.2 Å². The highest BCUT2D eigenvalue weighted by atomic mass is 19.1. The molecule has 7 heteroatoms. The lowest BCUT2D eigenvalue weighted by Crippen LogP contribution is -2.44. The van der Waals surface area contributed by atoms with Crippen molar-refractivity contribution in [2.45, 2.75) is 44.3 Å². The Balaban J connectivity index is 1.19. The van der Waals surface area contributed by atoms with E-state index in [0.717, 1.165) is 57.1 Å². The van der Waals surface area contributed by atoms with Gasteiger partial charge in [0.15, 0.2) is 0 Å². The standard InChI is InChI=1S/C27H37FN4O2/c1-30-12-13-32(19-23(33)18-31-11-9-20-4-2-3-5-21(20)16-31)17-22-6-7-24(14-26(22)30)34-27-8-10-29-15-25(27)28/h2-7,14,23,25,27,29,33H,8-13,15-19H2,1H3/t23-,25?,27?/m1/s1. The number of β-amino-alcohol motifs (C(OH)–C–C–N with tert-alkyl or cyclic N) is 1. The predicted molar refractivity (Wildman–Crippen MR) is 133 cm³/mol. The first kappa shape index (κ1) is 23.5. The van der Waals surface area contributed by atoms with Gasteiger partial charge < -0.3 is 20.1 Å². The maximum absolute atomic E-state index is 14.2. The van der Waals surface area contributed by atoms with Gasteiger partial charge in [-0.2, -0.15) is 0 Å². The number of anilines is 1. The summed E-state index contributed by atoms with van der Waals surface area (Å²) in [6.07, 6.45) is -0.0153. The maximum atomic E-state index is 14.2. The molecule has 0 bridgehead atoms. The summed E-state index contributed by atoms with van der Waals surface area (Å²) in [5.41, 5.74) is 5.17. The normalized spacial score (nSPS) is 24.7. The van der Waals surface area contributed by atoms with Gasteiger partial charge in [0.2, 0.25) is 0 Å². The highest BCUT2D eigenvalue weighted by Crippen LogP contribution is 2.30. The van der Waals surface area contributed by atoms with E-state index in [-0.39, 0.29) is 12.2 Å². The van der Waals surface area contributed by atoms with Crippen LogP contribution in [0, 0.1) is 0 Å². The van der Waals surface area contributed by atoms with Gasteiger partial charge in [-0.15, -0.1) is 0 Å². The van der Waals surface area contributed by atoms with E-state index in [4.69, 9.17) is 4.74 Å². The number of alkyl halides is 1. The lowest BCUT2D eigenvalue weighted by Gasteiger charge is -2.32. The number of piperidine rings is 1. The molecule has 2 N–H and O–H groups in total. The van der Waals surface area contributed by atoms with Crippen LogP contribution in [-0.4, -0.2) is 86.1 Å². The van der Waals surface area contributed by atoms with Crippen LogP contribution in [0.25, 0.3) is 0 Å². The molecule has 1 saturated heterocycles. The third kappa shape index (κ3) is 5.54. The van der Waals surface area contributed by atoms with E-state index in [2.05, 4.69) is 63.5 Å². The summed E-state index contributed by atoms with van der Waals surface area (Å²) in [4.78, 5) is 6.95. The summed E-state index contributed by atoms with van der Waals surface area (Å²) in [6, 6.07) is 14.7. The largest absolute Gasteiger partial charge is 0.487 e. The second-order valence-corrected chi connectivity index (χ2v) is 10.0. The van der Waals surface area contributed by atoms with Crippen LogP contribution < -0.4 is 15.0 Å². The molecule has 2 aromatic rings. The number of aliphatic hydroxyl groups excluding tert-OH is 1.